The van der Waals surface area contributed by atoms with Gasteiger partial charge in [0.2, 0.25) is 6.79 Å². The van der Waals surface area contributed by atoms with E-state index in [0.29, 0.717) is 0 Å². The van der Waals surface area contributed by atoms with Gasteiger partial charge in [-0.25, -0.2) is 5.14 Å². The van der Waals surface area contributed by atoms with E-state index in [1.54, 1.807) is 0 Å². The van der Waals surface area contributed by atoms with Crippen LogP contribution >= 0.6 is 0 Å². The molecule has 1 aromatic rings. The summed E-state index contributed by atoms with van der Waals surface area (Å²) in [5.74, 6) is 0.387. The van der Waals surface area contributed by atoms with E-state index in [9.17, 15) is 18.5 Å². The van der Waals surface area contributed by atoms with Gasteiger partial charge in [-0.15, -0.1) is 0 Å². The lowest BCUT2D eigenvalue weighted by molar-refractivity contribution is -0.383. The topological polar surface area (TPSA) is 134 Å². The maximum atomic E-state index is 10.8. The Kier molecular flexibility index (Phi) is 2.52. The Bertz CT molecular complexity index is 584. The van der Waals surface area contributed by atoms with Gasteiger partial charge in [0.15, 0.2) is 11.5 Å². The van der Waals surface area contributed by atoms with Crippen molar-refractivity contribution in [3.8, 4) is 11.5 Å². The summed E-state index contributed by atoms with van der Waals surface area (Å²) >= 11 is 0. The Morgan fingerprint density at radius 3 is 2.47 bits per heavy atom. The van der Waals surface area contributed by atoms with Crippen LogP contribution in [0.3, 0.4) is 0 Å². The van der Waals surface area contributed by atoms with Gasteiger partial charge in [-0.3, -0.25) is 14.8 Å². The zero-order chi connectivity index (χ0) is 12.6. The van der Waals surface area contributed by atoms with Crippen LogP contribution in [-0.4, -0.2) is 20.1 Å². The third-order valence-corrected chi connectivity index (χ3v) is 2.44. The average Bonchev–Trinajstić information content (AvgIpc) is 2.60. The van der Waals surface area contributed by atoms with Crippen LogP contribution in [0, 0.1) is 10.1 Å². The Hall–Kier alpha value is -2.07. The van der Waals surface area contributed by atoms with Gasteiger partial charge in [0.25, 0.3) is 15.9 Å². The second-order valence-electron chi connectivity index (χ2n) is 3.13. The quantitative estimate of drug-likeness (QED) is 0.578. The highest BCUT2D eigenvalue weighted by Gasteiger charge is 2.24. The molecular formula is C7H7N3O6S. The fourth-order valence-electron chi connectivity index (χ4n) is 1.32. The lowest BCUT2D eigenvalue weighted by atomic mass is 10.2. The van der Waals surface area contributed by atoms with E-state index in [4.69, 9.17) is 14.6 Å². The van der Waals surface area contributed by atoms with Crippen LogP contribution in [0.5, 0.6) is 11.5 Å². The zero-order valence-electron chi connectivity index (χ0n) is 8.24. The summed E-state index contributed by atoms with van der Waals surface area (Å²) in [4.78, 5) is 9.99. The van der Waals surface area contributed by atoms with Gasteiger partial charge in [-0.1, -0.05) is 0 Å². The summed E-state index contributed by atoms with van der Waals surface area (Å²) in [6, 6.07) is 2.21. The third kappa shape index (κ3) is 2.37. The molecule has 1 heterocycles. The first-order chi connectivity index (χ1) is 7.87. The van der Waals surface area contributed by atoms with E-state index < -0.39 is 20.8 Å². The number of nitrogens with one attached hydrogen (secondary N) is 1. The molecule has 0 aliphatic carbocycles. The number of benzene rings is 1. The molecule has 0 saturated carbocycles. The fraction of sp³-hybridized carbons (Fsp3) is 0.143. The van der Waals surface area contributed by atoms with E-state index in [1.807, 2.05) is 4.72 Å². The maximum Gasteiger partial charge on any atom is 0.297 e. The van der Waals surface area contributed by atoms with Crippen molar-refractivity contribution in [1.82, 2.24) is 0 Å². The number of fused-ring (bicyclic) bond motifs is 1. The standard InChI is InChI=1S/C7H7N3O6S/c8-17(13,14)9-4-1-6-7(16-3-15-6)2-5(4)10(11)12/h1-2,9H,3H2,(H2,8,13,14). The summed E-state index contributed by atoms with van der Waals surface area (Å²) in [5.41, 5.74) is -0.745. The predicted molar refractivity (Wildman–Crippen MR) is 55.9 cm³/mol. The van der Waals surface area contributed by atoms with Gasteiger partial charge in [0, 0.05) is 6.07 Å². The molecule has 0 amide bonds. The Balaban J connectivity index is 2.53. The summed E-state index contributed by atoms with van der Waals surface area (Å²) in [6.07, 6.45) is 0. The number of nitro benzene ring substituents is 1. The number of hydrogen-bond donors (Lipinski definition) is 2. The number of nitrogens with zero attached hydrogens (tertiary/aromatic N) is 1. The molecule has 1 aliphatic heterocycles. The van der Waals surface area contributed by atoms with Crippen molar-refractivity contribution in [3.63, 3.8) is 0 Å². The lowest BCUT2D eigenvalue weighted by Crippen LogP contribution is -2.22. The minimum Gasteiger partial charge on any atom is -0.454 e. The van der Waals surface area contributed by atoms with Crippen LogP contribution in [0.25, 0.3) is 0 Å². The highest BCUT2D eigenvalue weighted by molar-refractivity contribution is 7.90. The molecule has 0 atom stereocenters. The molecule has 9 nitrogen and oxygen atoms in total. The van der Waals surface area contributed by atoms with Gasteiger partial charge < -0.3 is 9.47 Å². The van der Waals surface area contributed by atoms with Crippen molar-refractivity contribution < 1.29 is 22.8 Å². The first kappa shape index (κ1) is 11.4. The molecule has 2 rings (SSSR count). The Labute approximate surface area is 95.5 Å². The predicted octanol–water partition coefficient (Wildman–Crippen LogP) is -0.0611. The van der Waals surface area contributed by atoms with Crippen LogP contribution < -0.4 is 19.3 Å². The van der Waals surface area contributed by atoms with Crippen molar-refractivity contribution in [2.45, 2.75) is 0 Å². The van der Waals surface area contributed by atoms with E-state index in [0.717, 1.165) is 12.1 Å². The number of rotatable bonds is 3. The number of nitrogens with two attached hydrogens (primary N) is 1. The normalized spacial score (nSPS) is 13.5. The number of anilines is 1. The molecule has 1 aromatic carbocycles. The smallest absolute Gasteiger partial charge is 0.297 e. The average molecular weight is 261 g/mol. The molecule has 0 aromatic heterocycles. The van der Waals surface area contributed by atoms with Gasteiger partial charge in [0.05, 0.1) is 11.0 Å². The molecule has 0 spiro atoms. The van der Waals surface area contributed by atoms with Gasteiger partial charge >= 0.3 is 0 Å². The highest BCUT2D eigenvalue weighted by Crippen LogP contribution is 2.40. The fourth-order valence-corrected chi connectivity index (χ4v) is 1.79. The molecule has 1 aliphatic rings. The van der Waals surface area contributed by atoms with Crippen LogP contribution in [0.4, 0.5) is 11.4 Å². The Morgan fingerprint density at radius 1 is 1.35 bits per heavy atom. The second kappa shape index (κ2) is 3.75. The summed E-state index contributed by atoms with van der Waals surface area (Å²) < 4.78 is 33.4. The van der Waals surface area contributed by atoms with E-state index in [2.05, 4.69) is 0 Å². The molecule has 3 N–H and O–H groups in total. The van der Waals surface area contributed by atoms with Crippen LogP contribution in [0.2, 0.25) is 0 Å². The van der Waals surface area contributed by atoms with Crippen LogP contribution in [-0.2, 0) is 10.2 Å². The van der Waals surface area contributed by atoms with E-state index in [-0.39, 0.29) is 24.0 Å². The minimum atomic E-state index is -4.10. The van der Waals surface area contributed by atoms with Gasteiger partial charge in [-0.2, -0.15) is 8.42 Å². The summed E-state index contributed by atoms with van der Waals surface area (Å²) in [5, 5.41) is 15.5. The van der Waals surface area contributed by atoms with E-state index >= 15 is 0 Å². The summed E-state index contributed by atoms with van der Waals surface area (Å²) in [6.45, 7) is -0.0781. The Morgan fingerprint density at radius 2 is 1.94 bits per heavy atom. The first-order valence-electron chi connectivity index (χ1n) is 4.25. The first-order valence-corrected chi connectivity index (χ1v) is 5.80. The van der Waals surface area contributed by atoms with Crippen LogP contribution in [0.1, 0.15) is 0 Å². The van der Waals surface area contributed by atoms with Crippen molar-refractivity contribution in [2.75, 3.05) is 11.5 Å². The van der Waals surface area contributed by atoms with Crippen molar-refractivity contribution in [1.29, 1.82) is 0 Å². The monoisotopic (exact) mass is 261 g/mol. The molecule has 0 fully saturated rings. The van der Waals surface area contributed by atoms with Crippen molar-refractivity contribution >= 4 is 21.6 Å². The number of nitro groups is 1. The maximum absolute atomic E-state index is 10.8. The van der Waals surface area contributed by atoms with Gasteiger partial charge in [-0.05, 0) is 0 Å². The zero-order valence-corrected chi connectivity index (χ0v) is 9.06. The molecule has 0 radical (unpaired) electrons. The van der Waals surface area contributed by atoms with Crippen LogP contribution in [0.15, 0.2) is 12.1 Å². The molecular weight excluding hydrogens is 254 g/mol. The number of ether oxygens (including phenoxy) is 2. The molecule has 17 heavy (non-hydrogen) atoms. The molecule has 0 bridgehead atoms. The van der Waals surface area contributed by atoms with Gasteiger partial charge in [0.1, 0.15) is 5.69 Å². The largest absolute Gasteiger partial charge is 0.454 e. The lowest BCUT2D eigenvalue weighted by Gasteiger charge is -2.05. The van der Waals surface area contributed by atoms with Crippen molar-refractivity contribution in [3.05, 3.63) is 22.2 Å². The summed E-state index contributed by atoms with van der Waals surface area (Å²) in [7, 11) is -4.10. The molecule has 0 unspecified atom stereocenters. The van der Waals surface area contributed by atoms with Crippen molar-refractivity contribution in [2.24, 2.45) is 5.14 Å². The second-order valence-corrected chi connectivity index (χ2v) is 4.42. The molecule has 0 saturated heterocycles. The minimum absolute atomic E-state index is 0.0781. The SMILES string of the molecule is NS(=O)(=O)Nc1cc2c(cc1[N+](=O)[O-])OCO2. The highest BCUT2D eigenvalue weighted by atomic mass is 32.2. The molecule has 92 valence electrons. The third-order valence-electron chi connectivity index (χ3n) is 1.94. The number of hydrogen-bond acceptors (Lipinski definition) is 6. The van der Waals surface area contributed by atoms with E-state index in [1.165, 1.54) is 0 Å². The molecule has 10 heteroatoms.